The number of rotatable bonds is 2. The van der Waals surface area contributed by atoms with Crippen LogP contribution in [0.3, 0.4) is 0 Å². The number of ether oxygens (including phenoxy) is 1. The molecule has 23 heavy (non-hydrogen) atoms. The van der Waals surface area contributed by atoms with Gasteiger partial charge in [0.15, 0.2) is 0 Å². The number of hydrogen-bond acceptors (Lipinski definition) is 1. The van der Waals surface area contributed by atoms with Gasteiger partial charge in [-0.25, -0.2) is 0 Å². The molecule has 0 bridgehead atoms. The molecule has 0 fully saturated rings. The Bertz CT molecular complexity index is 422. The molecule has 0 amide bonds. The van der Waals surface area contributed by atoms with E-state index in [1.54, 1.807) is 0 Å². The van der Waals surface area contributed by atoms with Crippen molar-refractivity contribution in [2.24, 2.45) is 0 Å². The maximum atomic E-state index is 7.50. The summed E-state index contributed by atoms with van der Waals surface area (Å²) in [7, 11) is 0. The molecular formula is C16H14O6W. The Labute approximate surface area is 147 Å². The van der Waals surface area contributed by atoms with E-state index in [0.29, 0.717) is 0 Å². The second-order valence-corrected chi connectivity index (χ2v) is 4.28. The van der Waals surface area contributed by atoms with Crippen LogP contribution in [0.15, 0.2) is 11.6 Å². The Kier molecular flexibility index (Phi) is 61.7. The number of allylic oxidation sites excluding steroid dienone is 2. The summed E-state index contributed by atoms with van der Waals surface area (Å²) in [5.41, 5.74) is 1.30. The Morgan fingerprint density at radius 2 is 1.52 bits per heavy atom. The van der Waals surface area contributed by atoms with Gasteiger partial charge in [-0.3, -0.25) is 0 Å². The van der Waals surface area contributed by atoms with Crippen molar-refractivity contribution in [3.8, 4) is 11.8 Å². The van der Waals surface area contributed by atoms with Gasteiger partial charge in [0.1, 0.15) is 0 Å². The molecule has 1 aliphatic rings. The summed E-state index contributed by atoms with van der Waals surface area (Å²) >= 11 is 1.32. The zero-order chi connectivity index (χ0) is 19.5. The molecule has 0 saturated heterocycles. The third kappa shape index (κ3) is 33.4. The Balaban J connectivity index is -0.0000000923. The zero-order valence-corrected chi connectivity index (χ0v) is 15.4. The Morgan fingerprint density at radius 3 is 1.87 bits per heavy atom. The average Bonchev–Trinajstić information content (AvgIpc) is 2.69. The first kappa shape index (κ1) is 33.2. The van der Waals surface area contributed by atoms with Crippen LogP contribution in [0, 0.1) is 45.1 Å². The van der Waals surface area contributed by atoms with Crippen molar-refractivity contribution in [2.45, 2.75) is 32.6 Å². The van der Waals surface area contributed by atoms with Gasteiger partial charge >= 0.3 is 147 Å². The predicted molar refractivity (Wildman–Crippen MR) is 70.6 cm³/mol. The van der Waals surface area contributed by atoms with E-state index in [4.69, 9.17) is 28.0 Å². The summed E-state index contributed by atoms with van der Waals surface area (Å²) in [4.78, 5) is 0. The molecule has 0 aromatic heterocycles. The molecule has 1 aliphatic carbocycles. The minimum absolute atomic E-state index is 0.729. The van der Waals surface area contributed by atoms with Crippen molar-refractivity contribution in [3.05, 3.63) is 44.9 Å². The molecular weight excluding hydrogens is 472 g/mol. The molecule has 1 rings (SSSR count). The van der Waals surface area contributed by atoms with Crippen LogP contribution in [0.4, 0.5) is 0 Å². The second-order valence-electron chi connectivity index (χ2n) is 2.95. The third-order valence-corrected chi connectivity index (χ3v) is 2.68. The first-order valence-corrected chi connectivity index (χ1v) is 7.19. The summed E-state index contributed by atoms with van der Waals surface area (Å²) in [5, 5.41) is 0. The molecule has 0 aliphatic heterocycles. The van der Waals surface area contributed by atoms with E-state index < -0.39 is 0 Å². The van der Waals surface area contributed by atoms with Gasteiger partial charge < -0.3 is 0 Å². The van der Waals surface area contributed by atoms with Gasteiger partial charge in [0, 0.05) is 0 Å². The topological polar surface area (TPSA) is 109 Å². The fraction of sp³-hybridized carbons (Fsp3) is 0.375. The van der Waals surface area contributed by atoms with Crippen molar-refractivity contribution in [1.29, 1.82) is 0 Å². The van der Waals surface area contributed by atoms with Gasteiger partial charge in [-0.15, -0.1) is 0 Å². The van der Waals surface area contributed by atoms with Crippen molar-refractivity contribution in [3.63, 3.8) is 0 Å². The molecule has 0 heterocycles. The van der Waals surface area contributed by atoms with Crippen molar-refractivity contribution in [1.82, 2.24) is 0 Å². The number of hydrogen-bond donors (Lipinski definition) is 0. The van der Waals surface area contributed by atoms with Gasteiger partial charge in [0.25, 0.3) is 0 Å². The van der Waals surface area contributed by atoms with Crippen LogP contribution >= 0.6 is 0 Å². The molecule has 0 atom stereocenters. The summed E-state index contributed by atoms with van der Waals surface area (Å²) in [6, 6.07) is 0. The SMILES string of the molecule is CCO[C](=[W])C#CC1=CCCCC1.[C-]#[O+].[C-]#[O+].[C-]#[O+].[C-]#[O+].[C-]#[O+]. The molecule has 7 heteroatoms. The van der Waals surface area contributed by atoms with Gasteiger partial charge in [0.05, 0.1) is 0 Å². The standard InChI is InChI=1S/C11H14O.5CO.W/c1-2-12-10-6-9-11-7-4-3-5-8-11;5*1-2;/h7H,2-5,8H2,1H3;;;;;;. The Morgan fingerprint density at radius 1 is 1.04 bits per heavy atom. The van der Waals surface area contributed by atoms with Gasteiger partial charge in [0.2, 0.25) is 0 Å². The monoisotopic (exact) mass is 486 g/mol. The summed E-state index contributed by atoms with van der Waals surface area (Å²) < 4.78 is 43.7. The van der Waals surface area contributed by atoms with E-state index in [-0.39, 0.29) is 0 Å². The van der Waals surface area contributed by atoms with Crippen molar-refractivity contribution in [2.75, 3.05) is 6.61 Å². The van der Waals surface area contributed by atoms with E-state index in [0.717, 1.165) is 17.1 Å². The first-order chi connectivity index (χ1) is 11.3. The predicted octanol–water partition coefficient (Wildman–Crippen LogP) is 2.02. The van der Waals surface area contributed by atoms with Crippen LogP contribution in [-0.2, 0) is 47.4 Å². The molecule has 0 aromatic carbocycles. The van der Waals surface area contributed by atoms with Crippen LogP contribution in [0.5, 0.6) is 0 Å². The minimum atomic E-state index is 0.729. The molecule has 6 nitrogen and oxygen atoms in total. The van der Waals surface area contributed by atoms with Gasteiger partial charge in [-0.1, -0.05) is 0 Å². The quantitative estimate of drug-likeness (QED) is 0.333. The first-order valence-electron chi connectivity index (χ1n) is 5.73. The summed E-state index contributed by atoms with van der Waals surface area (Å²) in [6.45, 7) is 25.2. The maximum absolute atomic E-state index is 7.50. The fourth-order valence-corrected chi connectivity index (χ4v) is 1.86. The Hall–Kier alpha value is -1.48. The van der Waals surface area contributed by atoms with Crippen molar-refractivity contribution >= 4 is 4.08 Å². The fourth-order valence-electron chi connectivity index (χ4n) is 1.25. The molecule has 0 saturated carbocycles. The summed E-state index contributed by atoms with van der Waals surface area (Å²) in [6.07, 6.45) is 7.23. The molecule has 0 aromatic rings. The molecule has 0 radical (unpaired) electrons. The van der Waals surface area contributed by atoms with E-state index >= 15 is 0 Å². The van der Waals surface area contributed by atoms with Gasteiger partial charge in [-0.2, -0.15) is 0 Å². The molecule has 0 spiro atoms. The second kappa shape index (κ2) is 42.8. The molecule has 0 N–H and O–H groups in total. The zero-order valence-electron chi connectivity index (χ0n) is 12.5. The molecule has 0 unspecified atom stereocenters. The summed E-state index contributed by atoms with van der Waals surface area (Å²) in [5.74, 6) is 6.24. The van der Waals surface area contributed by atoms with E-state index in [1.165, 1.54) is 44.2 Å². The normalized spacial score (nSPS) is 9.26. The van der Waals surface area contributed by atoms with Crippen LogP contribution in [0.25, 0.3) is 0 Å². The van der Waals surface area contributed by atoms with E-state index in [9.17, 15) is 0 Å². The van der Waals surface area contributed by atoms with Crippen molar-refractivity contribution < 1.29 is 47.4 Å². The third-order valence-electron chi connectivity index (χ3n) is 1.89. The van der Waals surface area contributed by atoms with E-state index in [1.807, 2.05) is 6.92 Å². The van der Waals surface area contributed by atoms with Crippen LogP contribution in [0.1, 0.15) is 32.6 Å². The van der Waals surface area contributed by atoms with Crippen LogP contribution in [-0.4, -0.2) is 10.7 Å². The van der Waals surface area contributed by atoms with Gasteiger partial charge in [-0.05, 0) is 0 Å². The van der Waals surface area contributed by atoms with E-state index in [2.05, 4.69) is 51.2 Å². The van der Waals surface area contributed by atoms with Crippen LogP contribution in [0.2, 0.25) is 0 Å². The molecule has 120 valence electrons. The van der Waals surface area contributed by atoms with Crippen LogP contribution < -0.4 is 0 Å². The average molecular weight is 486 g/mol.